The van der Waals surface area contributed by atoms with E-state index < -0.39 is 12.8 Å². The monoisotopic (exact) mass is 237 g/mol. The van der Waals surface area contributed by atoms with Crippen molar-refractivity contribution in [3.8, 4) is 0 Å². The smallest absolute Gasteiger partial charge is 0.312 e. The molecule has 0 aromatic heterocycles. The summed E-state index contributed by atoms with van der Waals surface area (Å²) in [5, 5.41) is -0.424. The highest BCUT2D eigenvalue weighted by molar-refractivity contribution is 7.55. The van der Waals surface area contributed by atoms with Crippen LogP contribution in [0.4, 0.5) is 0 Å². The topological polar surface area (TPSA) is 38.8 Å². The highest BCUT2D eigenvalue weighted by atomic mass is 31.2. The molecule has 0 N–H and O–H groups in total. The largest absolute Gasteiger partial charge is 0.335 e. The molecule has 0 fully saturated rings. The standard InChI is InChI=1S/C10H24NO3P/c1-10(2,8-7-9-11(3)4)15(12,13-5)14-6/h7-9H2,1-6H3. The maximum Gasteiger partial charge on any atom is 0.335 e. The van der Waals surface area contributed by atoms with Crippen molar-refractivity contribution in [3.63, 3.8) is 0 Å². The van der Waals surface area contributed by atoms with Gasteiger partial charge in [-0.25, -0.2) is 0 Å². The molecular formula is C10H24NO3P. The Morgan fingerprint density at radius 1 is 1.20 bits per heavy atom. The van der Waals surface area contributed by atoms with E-state index >= 15 is 0 Å². The third-order valence-electron chi connectivity index (χ3n) is 2.62. The third kappa shape index (κ3) is 4.23. The number of hydrogen-bond donors (Lipinski definition) is 0. The quantitative estimate of drug-likeness (QED) is 0.638. The molecule has 0 aliphatic rings. The molecule has 0 atom stereocenters. The lowest BCUT2D eigenvalue weighted by Gasteiger charge is -2.31. The lowest BCUT2D eigenvalue weighted by atomic mass is 10.1. The molecular weight excluding hydrogens is 213 g/mol. The molecule has 0 spiro atoms. The van der Waals surface area contributed by atoms with Crippen LogP contribution < -0.4 is 0 Å². The van der Waals surface area contributed by atoms with Crippen LogP contribution in [0.1, 0.15) is 26.7 Å². The minimum atomic E-state index is -2.96. The first-order valence-electron chi connectivity index (χ1n) is 5.15. The second-order valence-corrected chi connectivity index (χ2v) is 7.52. The second kappa shape index (κ2) is 6.00. The minimum absolute atomic E-state index is 0.424. The summed E-state index contributed by atoms with van der Waals surface area (Å²) in [7, 11) is 3.98. The maximum absolute atomic E-state index is 12.2. The Balaban J connectivity index is 4.33. The number of rotatable bonds is 7. The van der Waals surface area contributed by atoms with Gasteiger partial charge >= 0.3 is 7.60 Å². The summed E-state index contributed by atoms with van der Waals surface area (Å²) >= 11 is 0. The van der Waals surface area contributed by atoms with E-state index in [1.807, 2.05) is 27.9 Å². The molecule has 4 nitrogen and oxygen atoms in total. The molecule has 0 amide bonds. The highest BCUT2D eigenvalue weighted by Gasteiger charge is 2.41. The van der Waals surface area contributed by atoms with Gasteiger partial charge in [0, 0.05) is 14.2 Å². The zero-order valence-corrected chi connectivity index (χ0v) is 11.6. The Bertz CT molecular complexity index is 221. The number of hydrogen-bond acceptors (Lipinski definition) is 4. The molecule has 0 saturated carbocycles. The van der Waals surface area contributed by atoms with Gasteiger partial charge in [0.25, 0.3) is 0 Å². The molecule has 0 heterocycles. The van der Waals surface area contributed by atoms with Gasteiger partial charge in [0.1, 0.15) is 0 Å². The van der Waals surface area contributed by atoms with Gasteiger partial charge in [-0.2, -0.15) is 0 Å². The molecule has 0 saturated heterocycles. The lowest BCUT2D eigenvalue weighted by Crippen LogP contribution is -2.24. The predicted molar refractivity (Wildman–Crippen MR) is 63.5 cm³/mol. The summed E-state index contributed by atoms with van der Waals surface area (Å²) in [5.41, 5.74) is 0. The Hall–Kier alpha value is 0.110. The van der Waals surface area contributed by atoms with Crippen LogP contribution in [0.2, 0.25) is 0 Å². The van der Waals surface area contributed by atoms with Gasteiger partial charge in [-0.1, -0.05) is 0 Å². The SMILES string of the molecule is COP(=O)(OC)C(C)(C)CCCN(C)C. The van der Waals surface area contributed by atoms with Crippen LogP contribution in [0.15, 0.2) is 0 Å². The van der Waals surface area contributed by atoms with Crippen molar-refractivity contribution >= 4 is 7.60 Å². The first-order valence-corrected chi connectivity index (χ1v) is 6.69. The molecule has 15 heavy (non-hydrogen) atoms. The van der Waals surface area contributed by atoms with E-state index in [4.69, 9.17) is 9.05 Å². The van der Waals surface area contributed by atoms with Gasteiger partial charge in [-0.05, 0) is 47.3 Å². The molecule has 0 rings (SSSR count). The Kier molecular flexibility index (Phi) is 6.04. The van der Waals surface area contributed by atoms with Gasteiger partial charge < -0.3 is 13.9 Å². The Morgan fingerprint density at radius 3 is 2.00 bits per heavy atom. The molecule has 0 aliphatic carbocycles. The summed E-state index contributed by atoms with van der Waals surface area (Å²) in [4.78, 5) is 2.11. The normalized spacial score (nSPS) is 13.5. The first kappa shape index (κ1) is 15.1. The average molecular weight is 237 g/mol. The molecule has 0 aromatic rings. The van der Waals surface area contributed by atoms with Crippen LogP contribution in [-0.4, -0.2) is 44.9 Å². The molecule has 0 bridgehead atoms. The van der Waals surface area contributed by atoms with Crippen LogP contribution in [0.5, 0.6) is 0 Å². The van der Waals surface area contributed by atoms with Gasteiger partial charge in [0.05, 0.1) is 5.16 Å². The summed E-state index contributed by atoms with van der Waals surface area (Å²) in [6, 6.07) is 0. The van der Waals surface area contributed by atoms with Crippen molar-refractivity contribution in [2.45, 2.75) is 31.8 Å². The fourth-order valence-electron chi connectivity index (χ4n) is 1.53. The van der Waals surface area contributed by atoms with Crippen molar-refractivity contribution < 1.29 is 13.6 Å². The van der Waals surface area contributed by atoms with Crippen molar-refractivity contribution in [1.29, 1.82) is 0 Å². The van der Waals surface area contributed by atoms with Crippen LogP contribution in [0.25, 0.3) is 0 Å². The van der Waals surface area contributed by atoms with Crippen LogP contribution >= 0.6 is 7.60 Å². The van der Waals surface area contributed by atoms with E-state index in [2.05, 4.69) is 4.90 Å². The zero-order chi connectivity index (χ0) is 12.1. The van der Waals surface area contributed by atoms with Crippen LogP contribution in [0.3, 0.4) is 0 Å². The van der Waals surface area contributed by atoms with Gasteiger partial charge in [0.2, 0.25) is 0 Å². The Labute approximate surface area is 93.5 Å². The zero-order valence-electron chi connectivity index (χ0n) is 10.7. The Morgan fingerprint density at radius 2 is 1.67 bits per heavy atom. The fourth-order valence-corrected chi connectivity index (χ4v) is 3.10. The third-order valence-corrected chi connectivity index (χ3v) is 5.28. The van der Waals surface area contributed by atoms with Crippen molar-refractivity contribution in [2.75, 3.05) is 34.9 Å². The van der Waals surface area contributed by atoms with Gasteiger partial charge in [-0.15, -0.1) is 0 Å². The summed E-state index contributed by atoms with van der Waals surface area (Å²) in [5.74, 6) is 0. The summed E-state index contributed by atoms with van der Waals surface area (Å²) < 4.78 is 22.2. The molecule has 0 aliphatic heterocycles. The molecule has 5 heteroatoms. The highest BCUT2D eigenvalue weighted by Crippen LogP contribution is 2.60. The van der Waals surface area contributed by atoms with E-state index in [1.54, 1.807) is 0 Å². The van der Waals surface area contributed by atoms with Crippen molar-refractivity contribution in [3.05, 3.63) is 0 Å². The lowest BCUT2D eigenvalue weighted by molar-refractivity contribution is 0.245. The first-order chi connectivity index (χ1) is 6.79. The van der Waals surface area contributed by atoms with E-state index in [0.717, 1.165) is 19.4 Å². The van der Waals surface area contributed by atoms with Gasteiger partial charge in [-0.3, -0.25) is 4.57 Å². The summed E-state index contributed by atoms with van der Waals surface area (Å²) in [6.45, 7) is 4.84. The molecule has 0 unspecified atom stereocenters. The molecule has 92 valence electrons. The average Bonchev–Trinajstić information content (AvgIpc) is 2.15. The van der Waals surface area contributed by atoms with E-state index in [-0.39, 0.29) is 0 Å². The minimum Gasteiger partial charge on any atom is -0.312 e. The van der Waals surface area contributed by atoms with E-state index in [9.17, 15) is 4.57 Å². The predicted octanol–water partition coefficient (Wildman–Crippen LogP) is 2.59. The van der Waals surface area contributed by atoms with Crippen LogP contribution in [-0.2, 0) is 13.6 Å². The molecule has 0 aromatic carbocycles. The second-order valence-electron chi connectivity index (χ2n) is 4.58. The molecule has 0 radical (unpaired) electrons. The van der Waals surface area contributed by atoms with E-state index in [0.29, 0.717) is 0 Å². The van der Waals surface area contributed by atoms with Crippen LogP contribution in [0, 0.1) is 0 Å². The fraction of sp³-hybridized carbons (Fsp3) is 1.00. The van der Waals surface area contributed by atoms with Crippen molar-refractivity contribution in [1.82, 2.24) is 4.90 Å². The van der Waals surface area contributed by atoms with E-state index in [1.165, 1.54) is 14.2 Å². The number of nitrogens with zero attached hydrogens (tertiary/aromatic N) is 1. The maximum atomic E-state index is 12.2. The van der Waals surface area contributed by atoms with Crippen molar-refractivity contribution in [2.24, 2.45) is 0 Å². The van der Waals surface area contributed by atoms with Gasteiger partial charge in [0.15, 0.2) is 0 Å². The summed E-state index contributed by atoms with van der Waals surface area (Å²) in [6.07, 6.45) is 1.81.